The van der Waals surface area contributed by atoms with Gasteiger partial charge >= 0.3 is 0 Å². The summed E-state index contributed by atoms with van der Waals surface area (Å²) in [4.78, 5) is 12.5. The molecule has 2 heterocycles. The molecule has 4 rings (SSSR count). The van der Waals surface area contributed by atoms with Crippen LogP contribution in [0.15, 0.2) is 51.8 Å². The number of aromatic nitrogens is 2. The Morgan fingerprint density at radius 3 is 2.44 bits per heavy atom. The third-order valence-electron chi connectivity index (χ3n) is 4.67. The molecule has 0 radical (unpaired) electrons. The van der Waals surface area contributed by atoms with Crippen LogP contribution in [0.2, 0.25) is 0 Å². The lowest BCUT2D eigenvalue weighted by Gasteiger charge is -2.16. The summed E-state index contributed by atoms with van der Waals surface area (Å²) in [5, 5.41) is 4.41. The topological polar surface area (TPSA) is 48.0 Å². The Kier molecular flexibility index (Phi) is 3.91. The lowest BCUT2D eigenvalue weighted by molar-refractivity contribution is 0.393. The smallest absolute Gasteiger partial charge is 0.189 e. The summed E-state index contributed by atoms with van der Waals surface area (Å²) in [5.74, 6) is -0.706. The molecule has 0 aliphatic carbocycles. The Balaban J connectivity index is 2.09. The molecule has 0 atom stereocenters. The predicted molar refractivity (Wildman–Crippen MR) is 99.2 cm³/mol. The Bertz CT molecular complexity index is 1240. The van der Waals surface area contributed by atoms with Crippen LogP contribution in [0.4, 0.5) is 8.78 Å². The van der Waals surface area contributed by atoms with E-state index in [2.05, 4.69) is 5.16 Å². The number of rotatable bonds is 2. The number of fused-ring (bicyclic) bond motifs is 1. The fourth-order valence-electron chi connectivity index (χ4n) is 3.48. The lowest BCUT2D eigenvalue weighted by atomic mass is 10.0. The summed E-state index contributed by atoms with van der Waals surface area (Å²) < 4.78 is 34.7. The molecule has 0 fully saturated rings. The molecule has 27 heavy (non-hydrogen) atoms. The van der Waals surface area contributed by atoms with E-state index in [0.29, 0.717) is 22.4 Å². The van der Waals surface area contributed by atoms with Crippen molar-refractivity contribution in [3.63, 3.8) is 0 Å². The van der Waals surface area contributed by atoms with Crippen LogP contribution in [0.3, 0.4) is 0 Å². The Morgan fingerprint density at radius 2 is 1.78 bits per heavy atom. The number of nitrogens with zero attached hydrogens (tertiary/aromatic N) is 2. The van der Waals surface area contributed by atoms with Crippen molar-refractivity contribution in [2.45, 2.75) is 20.8 Å². The van der Waals surface area contributed by atoms with Gasteiger partial charge in [-0.3, -0.25) is 4.79 Å². The van der Waals surface area contributed by atoms with E-state index in [1.165, 1.54) is 18.2 Å². The molecule has 136 valence electrons. The summed E-state index contributed by atoms with van der Waals surface area (Å²) in [7, 11) is 0. The van der Waals surface area contributed by atoms with Crippen LogP contribution < -0.4 is 5.43 Å². The van der Waals surface area contributed by atoms with Gasteiger partial charge in [0.05, 0.1) is 16.9 Å². The fourth-order valence-corrected chi connectivity index (χ4v) is 3.48. The van der Waals surface area contributed by atoms with E-state index < -0.39 is 11.6 Å². The zero-order chi connectivity index (χ0) is 19.3. The quantitative estimate of drug-likeness (QED) is 0.510. The third kappa shape index (κ3) is 2.73. The molecule has 0 bridgehead atoms. The van der Waals surface area contributed by atoms with E-state index in [-0.39, 0.29) is 11.1 Å². The maximum absolute atomic E-state index is 14.5. The largest absolute Gasteiger partial charge is 0.361 e. The Hall–Kier alpha value is -3.28. The standard InChI is InChI=1S/C21H16F2N2O2/c1-11-8-20(26)16-6-4-14(21-12(2)24-27-13(21)3)9-19(16)25(11)18-7-5-15(22)10-17(18)23/h4-10H,1-3H3. The normalized spacial score (nSPS) is 11.3. The van der Waals surface area contributed by atoms with Gasteiger partial charge in [-0.05, 0) is 50.6 Å². The van der Waals surface area contributed by atoms with Crippen molar-refractivity contribution in [2.24, 2.45) is 0 Å². The summed E-state index contributed by atoms with van der Waals surface area (Å²) >= 11 is 0. The third-order valence-corrected chi connectivity index (χ3v) is 4.67. The molecule has 0 unspecified atom stereocenters. The SMILES string of the molecule is Cc1noc(C)c1-c1ccc2c(=O)cc(C)n(-c3ccc(F)cc3F)c2c1. The highest BCUT2D eigenvalue weighted by Crippen LogP contribution is 2.30. The highest BCUT2D eigenvalue weighted by Gasteiger charge is 2.16. The number of benzene rings is 2. The van der Waals surface area contributed by atoms with Gasteiger partial charge in [-0.25, -0.2) is 8.78 Å². The first-order valence-electron chi connectivity index (χ1n) is 8.42. The van der Waals surface area contributed by atoms with Gasteiger partial charge in [-0.2, -0.15) is 0 Å². The molecule has 4 aromatic rings. The Labute approximate surface area is 153 Å². The zero-order valence-electron chi connectivity index (χ0n) is 15.0. The number of hydrogen-bond donors (Lipinski definition) is 0. The maximum Gasteiger partial charge on any atom is 0.189 e. The van der Waals surface area contributed by atoms with Crippen molar-refractivity contribution in [3.8, 4) is 16.8 Å². The molecule has 2 aromatic carbocycles. The van der Waals surface area contributed by atoms with Crippen LogP contribution in [0.25, 0.3) is 27.7 Å². The molecule has 0 amide bonds. The molecule has 4 nitrogen and oxygen atoms in total. The highest BCUT2D eigenvalue weighted by atomic mass is 19.1. The van der Waals surface area contributed by atoms with Gasteiger partial charge in [0, 0.05) is 28.8 Å². The van der Waals surface area contributed by atoms with Crippen LogP contribution in [-0.2, 0) is 0 Å². The van der Waals surface area contributed by atoms with Gasteiger partial charge in [0.15, 0.2) is 5.43 Å². The van der Waals surface area contributed by atoms with E-state index >= 15 is 0 Å². The molecular weight excluding hydrogens is 350 g/mol. The number of aryl methyl sites for hydroxylation is 3. The van der Waals surface area contributed by atoms with Crippen LogP contribution in [0.5, 0.6) is 0 Å². The molecule has 6 heteroatoms. The molecule has 0 aliphatic heterocycles. The second-order valence-corrected chi connectivity index (χ2v) is 6.51. The molecule has 0 aliphatic rings. The first-order chi connectivity index (χ1) is 12.9. The fraction of sp³-hybridized carbons (Fsp3) is 0.143. The van der Waals surface area contributed by atoms with Crippen molar-refractivity contribution < 1.29 is 13.3 Å². The van der Waals surface area contributed by atoms with Crippen LogP contribution in [0.1, 0.15) is 17.1 Å². The van der Waals surface area contributed by atoms with Gasteiger partial charge in [0.1, 0.15) is 17.4 Å². The summed E-state index contributed by atoms with van der Waals surface area (Å²) in [6.07, 6.45) is 0. The molecule has 0 saturated heterocycles. The lowest BCUT2D eigenvalue weighted by Crippen LogP contribution is -2.12. The minimum absolute atomic E-state index is 0.161. The van der Waals surface area contributed by atoms with Crippen molar-refractivity contribution in [3.05, 3.63) is 81.5 Å². The number of pyridine rings is 1. The average Bonchev–Trinajstić information content (AvgIpc) is 2.94. The molecular formula is C21H16F2N2O2. The van der Waals surface area contributed by atoms with Crippen molar-refractivity contribution in [1.82, 2.24) is 9.72 Å². The molecule has 0 spiro atoms. The van der Waals surface area contributed by atoms with Gasteiger partial charge in [-0.15, -0.1) is 0 Å². The first-order valence-corrected chi connectivity index (χ1v) is 8.42. The van der Waals surface area contributed by atoms with Crippen molar-refractivity contribution >= 4 is 10.9 Å². The van der Waals surface area contributed by atoms with Crippen molar-refractivity contribution in [2.75, 3.05) is 0 Å². The molecule has 0 N–H and O–H groups in total. The van der Waals surface area contributed by atoms with Crippen LogP contribution >= 0.6 is 0 Å². The van der Waals surface area contributed by atoms with Gasteiger partial charge in [-0.1, -0.05) is 11.2 Å². The van der Waals surface area contributed by atoms with Gasteiger partial charge in [0.2, 0.25) is 0 Å². The number of hydrogen-bond acceptors (Lipinski definition) is 3. The van der Waals surface area contributed by atoms with Crippen LogP contribution in [-0.4, -0.2) is 9.72 Å². The molecule has 2 aromatic heterocycles. The van der Waals surface area contributed by atoms with E-state index in [1.54, 1.807) is 23.6 Å². The summed E-state index contributed by atoms with van der Waals surface area (Å²) in [6, 6.07) is 10.2. The highest BCUT2D eigenvalue weighted by molar-refractivity contribution is 5.87. The van der Waals surface area contributed by atoms with E-state index in [4.69, 9.17) is 4.52 Å². The first kappa shape index (κ1) is 17.1. The monoisotopic (exact) mass is 366 g/mol. The second-order valence-electron chi connectivity index (χ2n) is 6.51. The minimum Gasteiger partial charge on any atom is -0.361 e. The predicted octanol–water partition coefficient (Wildman–Crippen LogP) is 4.85. The van der Waals surface area contributed by atoms with Crippen LogP contribution in [0, 0.1) is 32.4 Å². The van der Waals surface area contributed by atoms with E-state index in [1.807, 2.05) is 19.9 Å². The zero-order valence-corrected chi connectivity index (χ0v) is 15.0. The van der Waals surface area contributed by atoms with Crippen molar-refractivity contribution in [1.29, 1.82) is 0 Å². The Morgan fingerprint density at radius 1 is 1.00 bits per heavy atom. The second kappa shape index (κ2) is 6.16. The summed E-state index contributed by atoms with van der Waals surface area (Å²) in [6.45, 7) is 5.35. The van der Waals surface area contributed by atoms with E-state index in [9.17, 15) is 13.6 Å². The average molecular weight is 366 g/mol. The van der Waals surface area contributed by atoms with E-state index in [0.717, 1.165) is 22.9 Å². The van der Waals surface area contributed by atoms with Gasteiger partial charge in [0.25, 0.3) is 0 Å². The number of halogens is 2. The summed E-state index contributed by atoms with van der Waals surface area (Å²) in [5.41, 5.74) is 3.46. The van der Waals surface area contributed by atoms with Gasteiger partial charge < -0.3 is 9.09 Å². The minimum atomic E-state index is -0.703. The maximum atomic E-state index is 14.5. The molecule has 0 saturated carbocycles.